The number of hydrogen-bond acceptors (Lipinski definition) is 4. The normalized spacial score (nSPS) is 12.8. The number of rotatable bonds is 1. The van der Waals surface area contributed by atoms with Crippen LogP contribution in [0.25, 0.3) is 0 Å². The van der Waals surface area contributed by atoms with Crippen LogP contribution in [0.4, 0.5) is 0 Å². The zero-order valence-electron chi connectivity index (χ0n) is 8.43. The number of aryl methyl sites for hydroxylation is 2. The second-order valence-corrected chi connectivity index (χ2v) is 5.08. The van der Waals surface area contributed by atoms with E-state index in [4.69, 9.17) is 10.9 Å². The van der Waals surface area contributed by atoms with Crippen molar-refractivity contribution in [1.82, 2.24) is 0 Å². The van der Waals surface area contributed by atoms with E-state index in [1.807, 2.05) is 6.92 Å². The molecule has 6 heteroatoms. The second kappa shape index (κ2) is 3.90. The van der Waals surface area contributed by atoms with Crippen molar-refractivity contribution in [2.75, 3.05) is 0 Å². The highest BCUT2D eigenvalue weighted by Gasteiger charge is 2.22. The molecule has 1 rings (SSSR count). The summed E-state index contributed by atoms with van der Waals surface area (Å²) in [6.07, 6.45) is 0. The van der Waals surface area contributed by atoms with Crippen LogP contribution in [-0.4, -0.2) is 18.8 Å². The van der Waals surface area contributed by atoms with Crippen LogP contribution in [0.2, 0.25) is 0 Å². The minimum absolute atomic E-state index is 0.0587. The average Bonchev–Trinajstić information content (AvgIpc) is 2.15. The third kappa shape index (κ3) is 2.10. The van der Waals surface area contributed by atoms with E-state index < -0.39 is 15.0 Å². The fourth-order valence-corrected chi connectivity index (χ4v) is 2.33. The first kappa shape index (κ1) is 11.5. The quantitative estimate of drug-likeness (QED) is 0.321. The van der Waals surface area contributed by atoms with Gasteiger partial charge in [0, 0.05) is 0 Å². The standard InChI is InChI=1S/C9H12N2O3S/c1-6-3-4-8(7(2)5-6)15(13,14)9(10)11-12/h3-5,12H,1-2H3,(H2,10,11). The Morgan fingerprint density at radius 3 is 2.47 bits per heavy atom. The lowest BCUT2D eigenvalue weighted by atomic mass is 10.2. The molecule has 0 bridgehead atoms. The minimum atomic E-state index is -3.86. The Morgan fingerprint density at radius 2 is 2.00 bits per heavy atom. The third-order valence-corrected chi connectivity index (χ3v) is 3.66. The Kier molecular flexibility index (Phi) is 2.99. The number of benzene rings is 1. The smallest absolute Gasteiger partial charge is 0.260 e. The van der Waals surface area contributed by atoms with Crippen molar-refractivity contribution in [2.45, 2.75) is 18.7 Å². The summed E-state index contributed by atoms with van der Waals surface area (Å²) in [5.41, 5.74) is 6.62. The Bertz CT molecular complexity index is 506. The van der Waals surface area contributed by atoms with E-state index >= 15 is 0 Å². The zero-order valence-corrected chi connectivity index (χ0v) is 9.25. The molecule has 1 aromatic carbocycles. The summed E-state index contributed by atoms with van der Waals surface area (Å²) < 4.78 is 23.4. The third-order valence-electron chi connectivity index (χ3n) is 1.99. The average molecular weight is 228 g/mol. The summed E-state index contributed by atoms with van der Waals surface area (Å²) in [6.45, 7) is 3.51. The first-order valence-electron chi connectivity index (χ1n) is 4.19. The molecule has 0 aliphatic rings. The molecule has 82 valence electrons. The van der Waals surface area contributed by atoms with Gasteiger partial charge in [0.1, 0.15) is 0 Å². The molecule has 0 amide bonds. The molecule has 0 unspecified atom stereocenters. The van der Waals surface area contributed by atoms with Gasteiger partial charge in [-0.2, -0.15) is 0 Å². The lowest BCUT2D eigenvalue weighted by Crippen LogP contribution is -2.24. The molecule has 0 aliphatic carbocycles. The first-order valence-corrected chi connectivity index (χ1v) is 5.68. The van der Waals surface area contributed by atoms with Gasteiger partial charge in [0.05, 0.1) is 4.90 Å². The van der Waals surface area contributed by atoms with E-state index in [2.05, 4.69) is 5.16 Å². The van der Waals surface area contributed by atoms with E-state index in [0.29, 0.717) is 5.56 Å². The maximum atomic E-state index is 11.7. The van der Waals surface area contributed by atoms with Crippen molar-refractivity contribution in [1.29, 1.82) is 0 Å². The van der Waals surface area contributed by atoms with Gasteiger partial charge >= 0.3 is 0 Å². The lowest BCUT2D eigenvalue weighted by molar-refractivity contribution is 0.319. The fourth-order valence-electron chi connectivity index (χ4n) is 1.27. The van der Waals surface area contributed by atoms with Crippen LogP contribution in [-0.2, 0) is 9.84 Å². The van der Waals surface area contributed by atoms with Gasteiger partial charge in [-0.05, 0) is 25.5 Å². The predicted molar refractivity (Wildman–Crippen MR) is 56.5 cm³/mol. The molecule has 0 radical (unpaired) electrons. The maximum Gasteiger partial charge on any atom is 0.260 e. The largest absolute Gasteiger partial charge is 0.409 e. The Hall–Kier alpha value is -1.56. The molecular weight excluding hydrogens is 216 g/mol. The van der Waals surface area contributed by atoms with Crippen LogP contribution < -0.4 is 5.73 Å². The van der Waals surface area contributed by atoms with Gasteiger partial charge in [0.15, 0.2) is 0 Å². The molecule has 0 saturated carbocycles. The van der Waals surface area contributed by atoms with E-state index in [1.54, 1.807) is 19.1 Å². The fraction of sp³-hybridized carbons (Fsp3) is 0.222. The Morgan fingerprint density at radius 1 is 1.40 bits per heavy atom. The molecule has 0 fully saturated rings. The van der Waals surface area contributed by atoms with E-state index in [9.17, 15) is 8.42 Å². The van der Waals surface area contributed by atoms with Gasteiger partial charge in [-0.25, -0.2) is 8.42 Å². The van der Waals surface area contributed by atoms with Crippen molar-refractivity contribution in [3.8, 4) is 0 Å². The van der Waals surface area contributed by atoms with Gasteiger partial charge in [0.25, 0.3) is 5.17 Å². The molecule has 0 saturated heterocycles. The van der Waals surface area contributed by atoms with Crippen molar-refractivity contribution >= 4 is 15.0 Å². The number of nitrogens with two attached hydrogens (primary N) is 1. The molecule has 0 spiro atoms. The summed E-state index contributed by atoms with van der Waals surface area (Å²) in [7, 11) is -3.86. The highest BCUT2D eigenvalue weighted by Crippen LogP contribution is 2.17. The van der Waals surface area contributed by atoms with Gasteiger partial charge < -0.3 is 10.9 Å². The van der Waals surface area contributed by atoms with Crippen LogP contribution in [0.15, 0.2) is 28.3 Å². The topological polar surface area (TPSA) is 92.8 Å². The number of nitrogens with zero attached hydrogens (tertiary/aromatic N) is 1. The molecule has 0 heterocycles. The van der Waals surface area contributed by atoms with Crippen LogP contribution >= 0.6 is 0 Å². The van der Waals surface area contributed by atoms with Crippen molar-refractivity contribution in [2.24, 2.45) is 10.9 Å². The molecule has 3 N–H and O–H groups in total. The first-order chi connectivity index (χ1) is 6.89. The van der Waals surface area contributed by atoms with Gasteiger partial charge in [-0.1, -0.05) is 22.9 Å². The predicted octanol–water partition coefficient (Wildman–Crippen LogP) is 0.781. The van der Waals surface area contributed by atoms with E-state index in [-0.39, 0.29) is 4.90 Å². The summed E-state index contributed by atoms with van der Waals surface area (Å²) in [5.74, 6) is 0. The van der Waals surface area contributed by atoms with Crippen molar-refractivity contribution in [3.05, 3.63) is 29.3 Å². The number of hydrogen-bond donors (Lipinski definition) is 2. The lowest BCUT2D eigenvalue weighted by Gasteiger charge is -2.06. The van der Waals surface area contributed by atoms with Crippen LogP contribution in [0.1, 0.15) is 11.1 Å². The highest BCUT2D eigenvalue weighted by molar-refractivity contribution is 8.06. The molecular formula is C9H12N2O3S. The second-order valence-electron chi connectivity index (χ2n) is 3.21. The van der Waals surface area contributed by atoms with E-state index in [1.165, 1.54) is 6.07 Å². The van der Waals surface area contributed by atoms with Crippen molar-refractivity contribution in [3.63, 3.8) is 0 Å². The van der Waals surface area contributed by atoms with Gasteiger partial charge in [0.2, 0.25) is 9.84 Å². The minimum Gasteiger partial charge on any atom is -0.409 e. The van der Waals surface area contributed by atoms with Gasteiger partial charge in [-0.3, -0.25) is 0 Å². The van der Waals surface area contributed by atoms with E-state index in [0.717, 1.165) is 5.56 Å². The number of amidine groups is 1. The van der Waals surface area contributed by atoms with Crippen molar-refractivity contribution < 1.29 is 13.6 Å². The molecule has 0 atom stereocenters. The molecule has 5 nitrogen and oxygen atoms in total. The van der Waals surface area contributed by atoms with Crippen LogP contribution in [0.3, 0.4) is 0 Å². The molecule has 1 aromatic rings. The SMILES string of the molecule is Cc1ccc(S(=O)(=O)C(N)=NO)c(C)c1. The van der Waals surface area contributed by atoms with Gasteiger partial charge in [-0.15, -0.1) is 0 Å². The summed E-state index contributed by atoms with van der Waals surface area (Å²) >= 11 is 0. The molecule has 15 heavy (non-hydrogen) atoms. The molecule has 0 aliphatic heterocycles. The number of sulfone groups is 1. The zero-order chi connectivity index (χ0) is 11.6. The van der Waals surface area contributed by atoms with Crippen LogP contribution in [0, 0.1) is 13.8 Å². The maximum absolute atomic E-state index is 11.7. The summed E-state index contributed by atoms with van der Waals surface area (Å²) in [4.78, 5) is 0.0587. The highest BCUT2D eigenvalue weighted by atomic mass is 32.2. The Labute approximate surface area is 88.1 Å². The molecule has 0 aromatic heterocycles. The summed E-state index contributed by atoms with van der Waals surface area (Å²) in [6, 6.07) is 4.82. The monoisotopic (exact) mass is 228 g/mol. The Balaban J connectivity index is 3.41. The summed E-state index contributed by atoms with van der Waals surface area (Å²) in [5, 5.41) is 10.1. The number of oxime groups is 1. The van der Waals surface area contributed by atoms with Crippen LogP contribution in [0.5, 0.6) is 0 Å².